The average molecular weight is 438 g/mol. The molecule has 0 atom stereocenters. The lowest BCUT2D eigenvalue weighted by atomic mass is 10.1. The van der Waals surface area contributed by atoms with E-state index in [2.05, 4.69) is 10.0 Å². The smallest absolute Gasteiger partial charge is 0.255 e. The van der Waals surface area contributed by atoms with Gasteiger partial charge >= 0.3 is 0 Å². The Bertz CT molecular complexity index is 1190. The molecule has 3 rings (SSSR count). The van der Waals surface area contributed by atoms with E-state index in [1.807, 2.05) is 30.3 Å². The Morgan fingerprint density at radius 3 is 2.23 bits per heavy atom. The first-order chi connectivity index (χ1) is 14.7. The van der Waals surface area contributed by atoms with Gasteiger partial charge in [0.15, 0.2) is 0 Å². The highest BCUT2D eigenvalue weighted by molar-refractivity contribution is 7.89. The zero-order valence-electron chi connectivity index (χ0n) is 17.0. The number of hydrogen-bond donors (Lipinski definition) is 3. The molecule has 3 aromatic carbocycles. The number of nitrogens with one attached hydrogen (secondary N) is 2. The lowest BCUT2D eigenvalue weighted by molar-refractivity contribution is -0.117. The van der Waals surface area contributed by atoms with Crippen LogP contribution in [0.5, 0.6) is 0 Å². The second-order valence-electron chi connectivity index (χ2n) is 7.08. The third-order valence-electron chi connectivity index (χ3n) is 4.64. The fourth-order valence-corrected chi connectivity index (χ4v) is 4.28. The minimum absolute atomic E-state index is 0.0490. The molecule has 8 heteroatoms. The standard InChI is InChI=1S/C23H23N3O4S/c1-16-7-10-19(23(28)26-20-11-8-17(9-12-20)13-22(24)27)14-21(16)31(29,30)25-15-18-5-3-2-4-6-18/h2-12,14,25H,13,15H2,1H3,(H2,24,27)(H,26,28). The van der Waals surface area contributed by atoms with Gasteiger partial charge in [-0.25, -0.2) is 13.1 Å². The molecule has 0 aromatic heterocycles. The molecule has 0 fully saturated rings. The Morgan fingerprint density at radius 1 is 0.903 bits per heavy atom. The molecule has 0 aliphatic rings. The van der Waals surface area contributed by atoms with Crippen LogP contribution in [-0.4, -0.2) is 20.2 Å². The molecule has 7 nitrogen and oxygen atoms in total. The summed E-state index contributed by atoms with van der Waals surface area (Å²) >= 11 is 0. The lowest BCUT2D eigenvalue weighted by Crippen LogP contribution is -2.24. The topological polar surface area (TPSA) is 118 Å². The monoisotopic (exact) mass is 437 g/mol. The molecule has 2 amide bonds. The Morgan fingerprint density at radius 2 is 1.58 bits per heavy atom. The summed E-state index contributed by atoms with van der Waals surface area (Å²) in [6.07, 6.45) is 0.114. The molecule has 3 aromatic rings. The molecule has 0 bridgehead atoms. The molecule has 0 aliphatic carbocycles. The van der Waals surface area contributed by atoms with Crippen molar-refractivity contribution in [2.45, 2.75) is 24.8 Å². The molecule has 0 saturated carbocycles. The predicted molar refractivity (Wildman–Crippen MR) is 119 cm³/mol. The summed E-state index contributed by atoms with van der Waals surface area (Å²) < 4.78 is 28.2. The first-order valence-electron chi connectivity index (χ1n) is 9.57. The molecule has 0 spiro atoms. The third-order valence-corrected chi connectivity index (χ3v) is 6.18. The van der Waals surface area contributed by atoms with Crippen molar-refractivity contribution in [2.75, 3.05) is 5.32 Å². The van der Waals surface area contributed by atoms with Gasteiger partial charge in [-0.2, -0.15) is 0 Å². The summed E-state index contributed by atoms with van der Waals surface area (Å²) in [6, 6.07) is 20.4. The number of primary amides is 1. The molecule has 0 unspecified atom stereocenters. The zero-order chi connectivity index (χ0) is 22.4. The van der Waals surface area contributed by atoms with Crippen LogP contribution >= 0.6 is 0 Å². The second-order valence-corrected chi connectivity index (χ2v) is 8.82. The van der Waals surface area contributed by atoms with E-state index in [0.717, 1.165) is 11.1 Å². The van der Waals surface area contributed by atoms with Gasteiger partial charge in [-0.1, -0.05) is 48.5 Å². The van der Waals surface area contributed by atoms with Crippen LogP contribution in [0, 0.1) is 6.92 Å². The van der Waals surface area contributed by atoms with Crippen LogP contribution in [0.4, 0.5) is 5.69 Å². The normalized spacial score (nSPS) is 11.1. The van der Waals surface area contributed by atoms with Gasteiger partial charge in [-0.05, 0) is 47.9 Å². The average Bonchev–Trinajstić information content (AvgIpc) is 2.74. The van der Waals surface area contributed by atoms with E-state index in [9.17, 15) is 18.0 Å². The van der Waals surface area contributed by atoms with Crippen molar-refractivity contribution >= 4 is 27.5 Å². The number of carbonyl (C=O) groups is 2. The van der Waals surface area contributed by atoms with Crippen LogP contribution in [0.2, 0.25) is 0 Å². The van der Waals surface area contributed by atoms with Crippen molar-refractivity contribution in [3.05, 3.63) is 95.1 Å². The van der Waals surface area contributed by atoms with E-state index in [1.54, 1.807) is 43.3 Å². The number of sulfonamides is 1. The summed E-state index contributed by atoms with van der Waals surface area (Å²) in [7, 11) is -3.81. The third kappa shape index (κ3) is 6.00. The van der Waals surface area contributed by atoms with Crippen molar-refractivity contribution in [3.8, 4) is 0 Å². The number of anilines is 1. The number of amides is 2. The Kier molecular flexibility index (Phi) is 6.84. The summed E-state index contributed by atoms with van der Waals surface area (Å²) in [4.78, 5) is 23.7. The highest BCUT2D eigenvalue weighted by Gasteiger charge is 2.19. The molecule has 0 aliphatic heterocycles. The predicted octanol–water partition coefficient (Wildman–Crippen LogP) is 2.75. The van der Waals surface area contributed by atoms with E-state index < -0.39 is 21.8 Å². The van der Waals surface area contributed by atoms with Crippen LogP contribution < -0.4 is 15.8 Å². The molecular weight excluding hydrogens is 414 g/mol. The largest absolute Gasteiger partial charge is 0.369 e. The van der Waals surface area contributed by atoms with Crippen molar-refractivity contribution in [2.24, 2.45) is 5.73 Å². The quantitative estimate of drug-likeness (QED) is 0.502. The van der Waals surface area contributed by atoms with E-state index in [-0.39, 0.29) is 23.4 Å². The van der Waals surface area contributed by atoms with Gasteiger partial charge in [0.1, 0.15) is 0 Å². The van der Waals surface area contributed by atoms with E-state index >= 15 is 0 Å². The maximum atomic E-state index is 12.8. The van der Waals surface area contributed by atoms with Crippen molar-refractivity contribution in [1.29, 1.82) is 0 Å². The molecule has 160 valence electrons. The van der Waals surface area contributed by atoms with Gasteiger partial charge in [0.05, 0.1) is 11.3 Å². The molecule has 31 heavy (non-hydrogen) atoms. The van der Waals surface area contributed by atoms with Crippen LogP contribution in [0.15, 0.2) is 77.7 Å². The second kappa shape index (κ2) is 9.55. The number of rotatable bonds is 8. The van der Waals surface area contributed by atoms with Crippen LogP contribution in [0.1, 0.15) is 27.0 Å². The Labute approximate surface area is 181 Å². The van der Waals surface area contributed by atoms with Gasteiger partial charge < -0.3 is 11.1 Å². The highest BCUT2D eigenvalue weighted by Crippen LogP contribution is 2.19. The molecular formula is C23H23N3O4S. The minimum atomic E-state index is -3.81. The zero-order valence-corrected chi connectivity index (χ0v) is 17.8. The summed E-state index contributed by atoms with van der Waals surface area (Å²) in [5.74, 6) is -0.881. The molecule has 4 N–H and O–H groups in total. The maximum absolute atomic E-state index is 12.8. The van der Waals surface area contributed by atoms with Crippen LogP contribution in [0.25, 0.3) is 0 Å². The fraction of sp³-hybridized carbons (Fsp3) is 0.130. The van der Waals surface area contributed by atoms with Crippen molar-refractivity contribution < 1.29 is 18.0 Å². The lowest BCUT2D eigenvalue weighted by Gasteiger charge is -2.12. The van der Waals surface area contributed by atoms with Gasteiger partial charge in [0.25, 0.3) is 5.91 Å². The van der Waals surface area contributed by atoms with Gasteiger partial charge in [-0.3, -0.25) is 9.59 Å². The van der Waals surface area contributed by atoms with E-state index in [4.69, 9.17) is 5.73 Å². The fourth-order valence-electron chi connectivity index (χ4n) is 2.99. The van der Waals surface area contributed by atoms with Crippen LogP contribution in [0.3, 0.4) is 0 Å². The van der Waals surface area contributed by atoms with Gasteiger partial charge in [0, 0.05) is 17.8 Å². The molecule has 0 heterocycles. The van der Waals surface area contributed by atoms with Crippen LogP contribution in [-0.2, 0) is 27.8 Å². The SMILES string of the molecule is Cc1ccc(C(=O)Nc2ccc(CC(N)=O)cc2)cc1S(=O)(=O)NCc1ccccc1. The van der Waals surface area contributed by atoms with Gasteiger partial charge in [-0.15, -0.1) is 0 Å². The summed E-state index contributed by atoms with van der Waals surface area (Å²) in [5.41, 5.74) is 8.01. The minimum Gasteiger partial charge on any atom is -0.369 e. The number of nitrogens with two attached hydrogens (primary N) is 1. The highest BCUT2D eigenvalue weighted by atomic mass is 32.2. The van der Waals surface area contributed by atoms with E-state index in [1.165, 1.54) is 6.07 Å². The first-order valence-corrected chi connectivity index (χ1v) is 11.1. The number of aryl methyl sites for hydroxylation is 1. The summed E-state index contributed by atoms with van der Waals surface area (Å²) in [5, 5.41) is 2.72. The maximum Gasteiger partial charge on any atom is 0.255 e. The molecule has 0 radical (unpaired) electrons. The number of hydrogen-bond acceptors (Lipinski definition) is 4. The van der Waals surface area contributed by atoms with Crippen molar-refractivity contribution in [3.63, 3.8) is 0 Å². The first kappa shape index (κ1) is 22.2. The summed E-state index contributed by atoms with van der Waals surface area (Å²) in [6.45, 7) is 1.83. The number of carbonyl (C=O) groups excluding carboxylic acids is 2. The van der Waals surface area contributed by atoms with E-state index in [0.29, 0.717) is 11.3 Å². The molecule has 0 saturated heterocycles. The Balaban J connectivity index is 1.75. The van der Waals surface area contributed by atoms with Gasteiger partial charge in [0.2, 0.25) is 15.9 Å². The number of benzene rings is 3. The Hall–Kier alpha value is -3.49. The van der Waals surface area contributed by atoms with Crippen molar-refractivity contribution in [1.82, 2.24) is 4.72 Å².